The SMILES string of the molecule is CN=C(NCC(=O)NC1CCCCC1)NC(C)(C)C. The van der Waals surface area contributed by atoms with E-state index < -0.39 is 0 Å². The molecule has 0 radical (unpaired) electrons. The third-order valence-corrected chi connectivity index (χ3v) is 3.10. The highest BCUT2D eigenvalue weighted by molar-refractivity contribution is 5.86. The van der Waals surface area contributed by atoms with Crippen molar-refractivity contribution in [1.82, 2.24) is 16.0 Å². The zero-order valence-corrected chi connectivity index (χ0v) is 12.7. The van der Waals surface area contributed by atoms with Crippen molar-refractivity contribution >= 4 is 11.9 Å². The molecular formula is C14H28N4O. The fraction of sp³-hybridized carbons (Fsp3) is 0.857. The predicted octanol–water partition coefficient (Wildman–Crippen LogP) is 1.40. The van der Waals surface area contributed by atoms with Gasteiger partial charge < -0.3 is 16.0 Å². The van der Waals surface area contributed by atoms with Crippen molar-refractivity contribution in [3.8, 4) is 0 Å². The van der Waals surface area contributed by atoms with Gasteiger partial charge in [-0.1, -0.05) is 19.3 Å². The van der Waals surface area contributed by atoms with Crippen molar-refractivity contribution in [2.24, 2.45) is 4.99 Å². The van der Waals surface area contributed by atoms with Crippen LogP contribution in [0.1, 0.15) is 52.9 Å². The Morgan fingerprint density at radius 1 is 1.21 bits per heavy atom. The van der Waals surface area contributed by atoms with Crippen LogP contribution < -0.4 is 16.0 Å². The Morgan fingerprint density at radius 2 is 1.84 bits per heavy atom. The molecule has 1 rings (SSSR count). The number of nitrogens with zero attached hydrogens (tertiary/aromatic N) is 1. The van der Waals surface area contributed by atoms with E-state index in [9.17, 15) is 4.79 Å². The first-order valence-electron chi connectivity index (χ1n) is 7.19. The van der Waals surface area contributed by atoms with Crippen LogP contribution in [0.25, 0.3) is 0 Å². The lowest BCUT2D eigenvalue weighted by molar-refractivity contribution is -0.120. The Balaban J connectivity index is 2.28. The number of nitrogens with one attached hydrogen (secondary N) is 3. The fourth-order valence-electron chi connectivity index (χ4n) is 2.22. The number of carbonyl (C=O) groups excluding carboxylic acids is 1. The summed E-state index contributed by atoms with van der Waals surface area (Å²) in [5, 5.41) is 9.34. The van der Waals surface area contributed by atoms with Gasteiger partial charge in [0.1, 0.15) is 0 Å². The van der Waals surface area contributed by atoms with E-state index in [1.807, 2.05) is 0 Å². The lowest BCUT2D eigenvalue weighted by Crippen LogP contribution is -2.50. The highest BCUT2D eigenvalue weighted by Crippen LogP contribution is 2.17. The molecule has 0 aliphatic heterocycles. The molecule has 0 aromatic rings. The highest BCUT2D eigenvalue weighted by atomic mass is 16.2. The Labute approximate surface area is 116 Å². The molecule has 19 heavy (non-hydrogen) atoms. The normalized spacial score (nSPS) is 18.0. The van der Waals surface area contributed by atoms with Crippen LogP contribution in [-0.2, 0) is 4.79 Å². The first-order valence-corrected chi connectivity index (χ1v) is 7.19. The number of aliphatic imine (C=N–C) groups is 1. The van der Waals surface area contributed by atoms with Gasteiger partial charge in [0.2, 0.25) is 5.91 Å². The Kier molecular flexibility index (Phi) is 6.12. The maximum atomic E-state index is 11.8. The Bertz CT molecular complexity index is 314. The van der Waals surface area contributed by atoms with Crippen molar-refractivity contribution in [3.05, 3.63) is 0 Å². The van der Waals surface area contributed by atoms with E-state index in [0.717, 1.165) is 12.8 Å². The monoisotopic (exact) mass is 268 g/mol. The van der Waals surface area contributed by atoms with Crippen molar-refractivity contribution in [2.75, 3.05) is 13.6 Å². The number of hydrogen-bond acceptors (Lipinski definition) is 2. The molecule has 0 heterocycles. The summed E-state index contributed by atoms with van der Waals surface area (Å²) < 4.78 is 0. The molecule has 1 saturated carbocycles. The van der Waals surface area contributed by atoms with Crippen LogP contribution in [0.2, 0.25) is 0 Å². The molecule has 0 spiro atoms. The van der Waals surface area contributed by atoms with E-state index in [0.29, 0.717) is 12.0 Å². The van der Waals surface area contributed by atoms with E-state index in [1.54, 1.807) is 7.05 Å². The van der Waals surface area contributed by atoms with Gasteiger partial charge >= 0.3 is 0 Å². The van der Waals surface area contributed by atoms with Crippen LogP contribution in [0.4, 0.5) is 0 Å². The zero-order chi connectivity index (χ0) is 14.3. The van der Waals surface area contributed by atoms with Gasteiger partial charge in [-0.3, -0.25) is 9.79 Å². The molecular weight excluding hydrogens is 240 g/mol. The molecule has 0 aromatic heterocycles. The Hall–Kier alpha value is -1.26. The molecule has 0 aromatic carbocycles. The zero-order valence-electron chi connectivity index (χ0n) is 12.7. The molecule has 1 aliphatic rings. The first kappa shape index (κ1) is 15.8. The highest BCUT2D eigenvalue weighted by Gasteiger charge is 2.16. The number of carbonyl (C=O) groups is 1. The Morgan fingerprint density at radius 3 is 2.37 bits per heavy atom. The summed E-state index contributed by atoms with van der Waals surface area (Å²) in [6.45, 7) is 6.44. The number of hydrogen-bond donors (Lipinski definition) is 3. The van der Waals surface area contributed by atoms with Crippen molar-refractivity contribution < 1.29 is 4.79 Å². The van der Waals surface area contributed by atoms with E-state index in [-0.39, 0.29) is 18.0 Å². The van der Waals surface area contributed by atoms with Crippen LogP contribution in [0.15, 0.2) is 4.99 Å². The largest absolute Gasteiger partial charge is 0.352 e. The molecule has 0 atom stereocenters. The minimum Gasteiger partial charge on any atom is -0.352 e. The van der Waals surface area contributed by atoms with Gasteiger partial charge in [-0.25, -0.2) is 0 Å². The van der Waals surface area contributed by atoms with Crippen LogP contribution in [-0.4, -0.2) is 37.0 Å². The summed E-state index contributed by atoms with van der Waals surface area (Å²) in [5.74, 6) is 0.704. The number of rotatable bonds is 3. The van der Waals surface area contributed by atoms with E-state index in [4.69, 9.17) is 0 Å². The van der Waals surface area contributed by atoms with Gasteiger partial charge in [0, 0.05) is 18.6 Å². The predicted molar refractivity (Wildman–Crippen MR) is 79.3 cm³/mol. The van der Waals surface area contributed by atoms with E-state index >= 15 is 0 Å². The molecule has 5 heteroatoms. The second-order valence-electron chi connectivity index (χ2n) is 6.20. The van der Waals surface area contributed by atoms with Gasteiger partial charge in [-0.05, 0) is 33.6 Å². The topological polar surface area (TPSA) is 65.5 Å². The summed E-state index contributed by atoms with van der Waals surface area (Å²) in [6, 6.07) is 0.362. The van der Waals surface area contributed by atoms with Gasteiger partial charge in [0.15, 0.2) is 5.96 Å². The van der Waals surface area contributed by atoms with Gasteiger partial charge in [0.25, 0.3) is 0 Å². The van der Waals surface area contributed by atoms with Crippen molar-refractivity contribution in [2.45, 2.75) is 64.5 Å². The number of amides is 1. The summed E-state index contributed by atoms with van der Waals surface area (Å²) in [4.78, 5) is 15.9. The third-order valence-electron chi connectivity index (χ3n) is 3.10. The van der Waals surface area contributed by atoms with Crippen molar-refractivity contribution in [1.29, 1.82) is 0 Å². The maximum absolute atomic E-state index is 11.8. The molecule has 1 fully saturated rings. The third kappa shape index (κ3) is 7.03. The summed E-state index contributed by atoms with van der Waals surface area (Å²) in [5.41, 5.74) is -0.0678. The van der Waals surface area contributed by atoms with E-state index in [1.165, 1.54) is 19.3 Å². The van der Waals surface area contributed by atoms with Crippen molar-refractivity contribution in [3.63, 3.8) is 0 Å². The van der Waals surface area contributed by atoms with E-state index in [2.05, 4.69) is 41.7 Å². The summed E-state index contributed by atoms with van der Waals surface area (Å²) in [6.07, 6.45) is 5.98. The quantitative estimate of drug-likeness (QED) is 0.535. The smallest absolute Gasteiger partial charge is 0.239 e. The summed E-state index contributed by atoms with van der Waals surface area (Å²) in [7, 11) is 1.71. The minimum atomic E-state index is -0.0678. The fourth-order valence-corrected chi connectivity index (χ4v) is 2.22. The molecule has 0 unspecified atom stereocenters. The minimum absolute atomic E-state index is 0.0451. The maximum Gasteiger partial charge on any atom is 0.239 e. The van der Waals surface area contributed by atoms with Crippen LogP contribution >= 0.6 is 0 Å². The van der Waals surface area contributed by atoms with Gasteiger partial charge in [-0.15, -0.1) is 0 Å². The van der Waals surface area contributed by atoms with Gasteiger partial charge in [-0.2, -0.15) is 0 Å². The average molecular weight is 268 g/mol. The molecule has 0 bridgehead atoms. The van der Waals surface area contributed by atoms with Gasteiger partial charge in [0.05, 0.1) is 6.54 Å². The lowest BCUT2D eigenvalue weighted by atomic mass is 9.95. The molecule has 1 aliphatic carbocycles. The lowest BCUT2D eigenvalue weighted by Gasteiger charge is -2.25. The first-order chi connectivity index (χ1) is 8.90. The molecule has 1 amide bonds. The average Bonchev–Trinajstić information content (AvgIpc) is 2.34. The second kappa shape index (κ2) is 7.36. The second-order valence-corrected chi connectivity index (χ2v) is 6.20. The number of guanidine groups is 1. The molecule has 3 N–H and O–H groups in total. The van der Waals surface area contributed by atoms with Crippen LogP contribution in [0.3, 0.4) is 0 Å². The summed E-state index contributed by atoms with van der Waals surface area (Å²) >= 11 is 0. The molecule has 110 valence electrons. The van der Waals surface area contributed by atoms with Crippen LogP contribution in [0.5, 0.6) is 0 Å². The molecule has 0 saturated heterocycles. The molecule has 5 nitrogen and oxygen atoms in total. The van der Waals surface area contributed by atoms with Crippen LogP contribution in [0, 0.1) is 0 Å². The standard InChI is InChI=1S/C14H28N4O/c1-14(2,3)18-13(15-4)16-10-12(19)17-11-8-6-5-7-9-11/h11H,5-10H2,1-4H3,(H,17,19)(H2,15,16,18).